The van der Waals surface area contributed by atoms with Gasteiger partial charge in [-0.1, -0.05) is 13.8 Å². The van der Waals surface area contributed by atoms with E-state index in [1.54, 1.807) is 12.3 Å². The fourth-order valence-corrected chi connectivity index (χ4v) is 3.14. The average molecular weight is 387 g/mol. The molecule has 4 aromatic rings. The van der Waals surface area contributed by atoms with Crippen LogP contribution in [0.2, 0.25) is 0 Å². The lowest BCUT2D eigenvalue weighted by Gasteiger charge is -2.11. The Morgan fingerprint density at radius 3 is 2.83 bits per heavy atom. The highest BCUT2D eigenvalue weighted by Gasteiger charge is 2.18. The predicted octanol–water partition coefficient (Wildman–Crippen LogP) is 3.79. The minimum Gasteiger partial charge on any atom is -0.441 e. The molecular weight excluding hydrogens is 366 g/mol. The highest BCUT2D eigenvalue weighted by atomic mass is 16.4. The number of nitrogens with zero attached hydrogens (tertiary/aromatic N) is 5. The molecule has 29 heavy (non-hydrogen) atoms. The van der Waals surface area contributed by atoms with Gasteiger partial charge in [0.15, 0.2) is 11.7 Å². The third-order valence-electron chi connectivity index (χ3n) is 4.84. The van der Waals surface area contributed by atoms with E-state index < -0.39 is 6.10 Å². The molecule has 0 fully saturated rings. The summed E-state index contributed by atoms with van der Waals surface area (Å²) in [6.45, 7) is 5.84. The Morgan fingerprint density at radius 2 is 2.07 bits per heavy atom. The van der Waals surface area contributed by atoms with Crippen LogP contribution in [0.5, 0.6) is 0 Å². The van der Waals surface area contributed by atoms with Crippen LogP contribution in [-0.4, -0.2) is 30.6 Å². The minimum atomic E-state index is -0.522. The zero-order chi connectivity index (χ0) is 20.5. The number of rotatable bonds is 5. The molecule has 4 heterocycles. The third kappa shape index (κ3) is 3.75. The third-order valence-corrected chi connectivity index (χ3v) is 4.84. The molecule has 7 nitrogen and oxygen atoms in total. The second-order valence-electron chi connectivity index (χ2n) is 7.40. The molecule has 0 bridgehead atoms. The van der Waals surface area contributed by atoms with E-state index in [0.717, 1.165) is 22.5 Å². The zero-order valence-electron chi connectivity index (χ0n) is 16.5. The Balaban J connectivity index is 1.78. The van der Waals surface area contributed by atoms with Gasteiger partial charge in [-0.05, 0) is 37.1 Å². The van der Waals surface area contributed by atoms with Gasteiger partial charge < -0.3 is 13.9 Å². The molecule has 1 unspecified atom stereocenters. The van der Waals surface area contributed by atoms with E-state index in [2.05, 4.69) is 21.0 Å². The second-order valence-corrected chi connectivity index (χ2v) is 7.40. The van der Waals surface area contributed by atoms with Crippen LogP contribution < -0.4 is 0 Å². The average Bonchev–Trinajstić information content (AvgIpc) is 3.32. The quantitative estimate of drug-likeness (QED) is 0.559. The van der Waals surface area contributed by atoms with Crippen molar-refractivity contribution in [2.24, 2.45) is 5.92 Å². The predicted molar refractivity (Wildman–Crippen MR) is 108 cm³/mol. The maximum Gasteiger partial charge on any atom is 0.197 e. The van der Waals surface area contributed by atoms with E-state index in [1.807, 2.05) is 55.8 Å². The number of hydrogen-bond donors (Lipinski definition) is 1. The van der Waals surface area contributed by atoms with Crippen molar-refractivity contribution in [1.82, 2.24) is 19.4 Å². The minimum absolute atomic E-state index is 0.113. The van der Waals surface area contributed by atoms with Crippen molar-refractivity contribution < 1.29 is 9.52 Å². The lowest BCUT2D eigenvalue weighted by molar-refractivity contribution is 0.118. The van der Waals surface area contributed by atoms with E-state index >= 15 is 0 Å². The molecule has 0 saturated carbocycles. The Morgan fingerprint density at radius 1 is 1.24 bits per heavy atom. The Labute approximate surface area is 168 Å². The standard InChI is InChI=1S/C22H21N5O2/c1-13(2)18(28)9-21-24-11-19(29-21)17-5-4-16(10-23)26-22(17)15-6-7-27-12-14(3)25-20(27)8-15/h4-8,11-13,18,28H,9H2,1-3H3. The molecule has 0 saturated heterocycles. The van der Waals surface area contributed by atoms with Gasteiger partial charge in [0.05, 0.1) is 30.1 Å². The lowest BCUT2D eigenvalue weighted by Crippen LogP contribution is -2.17. The van der Waals surface area contributed by atoms with Crippen molar-refractivity contribution in [3.8, 4) is 28.7 Å². The van der Waals surface area contributed by atoms with Crippen LogP contribution in [-0.2, 0) is 6.42 Å². The number of fused-ring (bicyclic) bond motifs is 1. The summed E-state index contributed by atoms with van der Waals surface area (Å²) in [5.41, 5.74) is 4.22. The summed E-state index contributed by atoms with van der Waals surface area (Å²) >= 11 is 0. The molecule has 0 aliphatic heterocycles. The molecule has 1 N–H and O–H groups in total. The first-order valence-corrected chi connectivity index (χ1v) is 9.44. The van der Waals surface area contributed by atoms with Gasteiger partial charge in [-0.2, -0.15) is 5.26 Å². The van der Waals surface area contributed by atoms with E-state index in [4.69, 9.17) is 4.42 Å². The van der Waals surface area contributed by atoms with Crippen molar-refractivity contribution in [1.29, 1.82) is 5.26 Å². The van der Waals surface area contributed by atoms with Crippen LogP contribution in [0, 0.1) is 24.2 Å². The zero-order valence-corrected chi connectivity index (χ0v) is 16.5. The van der Waals surface area contributed by atoms with E-state index in [9.17, 15) is 10.4 Å². The lowest BCUT2D eigenvalue weighted by atomic mass is 10.0. The number of nitriles is 1. The van der Waals surface area contributed by atoms with Gasteiger partial charge in [-0.15, -0.1) is 0 Å². The van der Waals surface area contributed by atoms with Crippen LogP contribution in [0.4, 0.5) is 0 Å². The monoisotopic (exact) mass is 387 g/mol. The van der Waals surface area contributed by atoms with Crippen LogP contribution in [0.1, 0.15) is 31.1 Å². The molecule has 4 aromatic heterocycles. The van der Waals surface area contributed by atoms with Gasteiger partial charge in [0.2, 0.25) is 0 Å². The van der Waals surface area contributed by atoms with Crippen LogP contribution in [0.15, 0.2) is 47.3 Å². The normalized spacial score (nSPS) is 12.4. The summed E-state index contributed by atoms with van der Waals surface area (Å²) in [5, 5.41) is 19.4. The second kappa shape index (κ2) is 7.49. The Bertz CT molecular complexity index is 1220. The van der Waals surface area contributed by atoms with Gasteiger partial charge >= 0.3 is 0 Å². The molecule has 0 aliphatic carbocycles. The van der Waals surface area contributed by atoms with Crippen molar-refractivity contribution in [2.75, 3.05) is 0 Å². The molecule has 0 spiro atoms. The highest BCUT2D eigenvalue weighted by molar-refractivity contribution is 5.79. The topological polar surface area (TPSA) is 100 Å². The van der Waals surface area contributed by atoms with Gasteiger partial charge in [-0.3, -0.25) is 0 Å². The van der Waals surface area contributed by atoms with E-state index in [0.29, 0.717) is 29.5 Å². The van der Waals surface area contributed by atoms with Gasteiger partial charge in [-0.25, -0.2) is 15.0 Å². The summed E-state index contributed by atoms with van der Waals surface area (Å²) in [7, 11) is 0. The molecule has 0 amide bonds. The Kier molecular flexibility index (Phi) is 4.87. The van der Waals surface area contributed by atoms with Crippen LogP contribution in [0.3, 0.4) is 0 Å². The van der Waals surface area contributed by atoms with E-state index in [-0.39, 0.29) is 5.92 Å². The molecule has 0 radical (unpaired) electrons. The van der Waals surface area contributed by atoms with Crippen LogP contribution >= 0.6 is 0 Å². The number of aromatic nitrogens is 4. The molecule has 7 heteroatoms. The maximum atomic E-state index is 10.1. The van der Waals surface area contributed by atoms with Crippen molar-refractivity contribution in [3.63, 3.8) is 0 Å². The largest absolute Gasteiger partial charge is 0.441 e. The summed E-state index contributed by atoms with van der Waals surface area (Å²) in [5.74, 6) is 1.13. The van der Waals surface area contributed by atoms with Crippen molar-refractivity contribution in [2.45, 2.75) is 33.3 Å². The number of aryl methyl sites for hydroxylation is 1. The fourth-order valence-electron chi connectivity index (χ4n) is 3.14. The maximum absolute atomic E-state index is 10.1. The first kappa shape index (κ1) is 18.8. The summed E-state index contributed by atoms with van der Waals surface area (Å²) < 4.78 is 7.84. The first-order chi connectivity index (χ1) is 13.9. The van der Waals surface area contributed by atoms with Gasteiger partial charge in [0.1, 0.15) is 17.4 Å². The first-order valence-electron chi connectivity index (χ1n) is 9.44. The molecule has 0 aromatic carbocycles. The molecule has 1 atom stereocenters. The van der Waals surface area contributed by atoms with Gasteiger partial charge in [0, 0.05) is 23.5 Å². The fraction of sp³-hybridized carbons (Fsp3) is 0.273. The highest BCUT2D eigenvalue weighted by Crippen LogP contribution is 2.32. The smallest absolute Gasteiger partial charge is 0.197 e. The molecule has 146 valence electrons. The summed E-state index contributed by atoms with van der Waals surface area (Å²) in [6, 6.07) is 9.42. The number of aliphatic hydroxyl groups is 1. The molecule has 0 aliphatic rings. The number of oxazole rings is 1. The SMILES string of the molecule is Cc1cn2ccc(-c3nc(C#N)ccc3-c3cnc(CC(O)C(C)C)o3)cc2n1. The number of imidazole rings is 1. The van der Waals surface area contributed by atoms with E-state index in [1.165, 1.54) is 0 Å². The Hall–Kier alpha value is -3.50. The van der Waals surface area contributed by atoms with Crippen molar-refractivity contribution >= 4 is 5.65 Å². The van der Waals surface area contributed by atoms with Crippen molar-refractivity contribution in [3.05, 3.63) is 60.1 Å². The van der Waals surface area contributed by atoms with Crippen LogP contribution in [0.25, 0.3) is 28.2 Å². The number of pyridine rings is 2. The number of aliphatic hydroxyl groups excluding tert-OH is 1. The molecular formula is C22H21N5O2. The summed E-state index contributed by atoms with van der Waals surface area (Å²) in [6.07, 6.45) is 5.32. The van der Waals surface area contributed by atoms with Gasteiger partial charge in [0.25, 0.3) is 0 Å². The number of hydrogen-bond acceptors (Lipinski definition) is 6. The summed E-state index contributed by atoms with van der Waals surface area (Å²) in [4.78, 5) is 13.3. The molecule has 4 rings (SSSR count).